The predicted molar refractivity (Wildman–Crippen MR) is 82.5 cm³/mol. The van der Waals surface area contributed by atoms with Gasteiger partial charge in [0.1, 0.15) is 0 Å². The fourth-order valence-electron chi connectivity index (χ4n) is 2.85. The Morgan fingerprint density at radius 3 is 2.71 bits per heavy atom. The molecule has 3 aromatic rings. The van der Waals surface area contributed by atoms with E-state index in [1.807, 2.05) is 30.3 Å². The van der Waals surface area contributed by atoms with Crippen LogP contribution >= 0.6 is 0 Å². The van der Waals surface area contributed by atoms with Gasteiger partial charge in [-0.25, -0.2) is 17.5 Å². The number of alkyl halides is 1. The molecule has 0 saturated heterocycles. The Bertz CT molecular complexity index is 953. The van der Waals surface area contributed by atoms with Crippen LogP contribution in [0.25, 0.3) is 0 Å². The minimum Gasteiger partial charge on any atom is -0.257 e. The van der Waals surface area contributed by atoms with E-state index in [4.69, 9.17) is 0 Å². The second kappa shape index (κ2) is 5.52. The second-order valence-electron chi connectivity index (χ2n) is 5.62. The zero-order valence-electron chi connectivity index (χ0n) is 12.5. The molecule has 24 heavy (non-hydrogen) atoms. The standard InChI is InChI=1S/C15H14FN5O2S/c16-12-9-13(11-5-2-1-3-6-11)21-14(12)18-15(19-21)24(22,23)10-20-8-4-7-17-20/h1-8,12-13H,9-10H2/t12-,13-/m0/s1. The summed E-state index contributed by atoms with van der Waals surface area (Å²) in [5.41, 5.74) is 0.875. The van der Waals surface area contributed by atoms with Gasteiger partial charge in [-0.15, -0.1) is 5.10 Å². The summed E-state index contributed by atoms with van der Waals surface area (Å²) in [5, 5.41) is 7.59. The average molecular weight is 347 g/mol. The minimum atomic E-state index is -3.80. The number of sulfone groups is 1. The van der Waals surface area contributed by atoms with E-state index < -0.39 is 16.0 Å². The van der Waals surface area contributed by atoms with E-state index in [1.54, 1.807) is 6.07 Å². The van der Waals surface area contributed by atoms with Gasteiger partial charge >= 0.3 is 0 Å². The molecule has 1 aromatic carbocycles. The molecular weight excluding hydrogens is 333 g/mol. The van der Waals surface area contributed by atoms with Crippen molar-refractivity contribution in [2.75, 3.05) is 0 Å². The topological polar surface area (TPSA) is 82.7 Å². The number of nitrogens with zero attached hydrogens (tertiary/aromatic N) is 5. The first-order chi connectivity index (χ1) is 11.5. The first-order valence-corrected chi connectivity index (χ1v) is 9.05. The number of aromatic nitrogens is 5. The van der Waals surface area contributed by atoms with Crippen molar-refractivity contribution in [3.63, 3.8) is 0 Å². The normalized spacial score (nSPS) is 20.2. The van der Waals surface area contributed by atoms with Crippen LogP contribution in [0.3, 0.4) is 0 Å². The molecule has 0 fully saturated rings. The molecule has 0 aliphatic carbocycles. The quantitative estimate of drug-likeness (QED) is 0.720. The molecule has 7 nitrogen and oxygen atoms in total. The monoisotopic (exact) mass is 347 g/mol. The fourth-order valence-corrected chi connectivity index (χ4v) is 3.91. The molecule has 4 rings (SSSR count). The number of fused-ring (bicyclic) bond motifs is 1. The third-order valence-corrected chi connectivity index (χ3v) is 5.30. The van der Waals surface area contributed by atoms with Crippen LogP contribution in [0.2, 0.25) is 0 Å². The van der Waals surface area contributed by atoms with E-state index in [0.717, 1.165) is 5.56 Å². The zero-order chi connectivity index (χ0) is 16.7. The van der Waals surface area contributed by atoms with E-state index in [-0.39, 0.29) is 29.3 Å². The molecule has 0 saturated carbocycles. The van der Waals surface area contributed by atoms with Gasteiger partial charge in [0.05, 0.1) is 6.04 Å². The van der Waals surface area contributed by atoms with Gasteiger partial charge in [-0.3, -0.25) is 4.68 Å². The molecule has 2 atom stereocenters. The molecule has 0 radical (unpaired) electrons. The molecule has 124 valence electrons. The van der Waals surface area contributed by atoms with Crippen LogP contribution in [0.4, 0.5) is 4.39 Å². The summed E-state index contributed by atoms with van der Waals surface area (Å²) in [6, 6.07) is 10.6. The van der Waals surface area contributed by atoms with Crippen LogP contribution in [0, 0.1) is 0 Å². The van der Waals surface area contributed by atoms with E-state index in [9.17, 15) is 12.8 Å². The van der Waals surface area contributed by atoms with Crippen LogP contribution in [-0.4, -0.2) is 33.0 Å². The first-order valence-electron chi connectivity index (χ1n) is 7.40. The summed E-state index contributed by atoms with van der Waals surface area (Å²) in [4.78, 5) is 3.95. The Balaban J connectivity index is 1.70. The van der Waals surface area contributed by atoms with Crippen molar-refractivity contribution >= 4 is 9.84 Å². The third kappa shape index (κ3) is 2.50. The van der Waals surface area contributed by atoms with Gasteiger partial charge in [0.25, 0.3) is 5.16 Å². The van der Waals surface area contributed by atoms with Gasteiger partial charge in [0.2, 0.25) is 9.84 Å². The van der Waals surface area contributed by atoms with Crippen molar-refractivity contribution < 1.29 is 12.8 Å². The highest BCUT2D eigenvalue weighted by atomic mass is 32.2. The molecule has 9 heteroatoms. The molecule has 0 N–H and O–H groups in total. The fraction of sp³-hybridized carbons (Fsp3) is 0.267. The van der Waals surface area contributed by atoms with Gasteiger partial charge < -0.3 is 0 Å². The van der Waals surface area contributed by atoms with Crippen LogP contribution < -0.4 is 0 Å². The zero-order valence-corrected chi connectivity index (χ0v) is 13.3. The molecule has 0 spiro atoms. The number of halogens is 1. The smallest absolute Gasteiger partial charge is 0.257 e. The van der Waals surface area contributed by atoms with Gasteiger partial charge in [-0.1, -0.05) is 30.3 Å². The Morgan fingerprint density at radius 2 is 2.00 bits per heavy atom. The van der Waals surface area contributed by atoms with E-state index in [2.05, 4.69) is 15.2 Å². The summed E-state index contributed by atoms with van der Waals surface area (Å²) < 4.78 is 41.8. The van der Waals surface area contributed by atoms with Crippen molar-refractivity contribution in [3.8, 4) is 0 Å². The lowest BCUT2D eigenvalue weighted by atomic mass is 10.0. The molecule has 2 aromatic heterocycles. The lowest BCUT2D eigenvalue weighted by Gasteiger charge is -2.11. The van der Waals surface area contributed by atoms with E-state index >= 15 is 0 Å². The van der Waals surface area contributed by atoms with Crippen molar-refractivity contribution in [2.45, 2.75) is 29.7 Å². The average Bonchev–Trinajstić information content (AvgIpc) is 3.26. The largest absolute Gasteiger partial charge is 0.269 e. The predicted octanol–water partition coefficient (Wildman–Crippen LogP) is 1.91. The Labute approximate surface area is 137 Å². The first kappa shape index (κ1) is 15.0. The van der Waals surface area contributed by atoms with Crippen LogP contribution in [0.15, 0.2) is 53.9 Å². The lowest BCUT2D eigenvalue weighted by molar-refractivity contribution is 0.326. The lowest BCUT2D eigenvalue weighted by Crippen LogP contribution is -2.15. The second-order valence-corrected chi connectivity index (χ2v) is 7.47. The Morgan fingerprint density at radius 1 is 1.21 bits per heavy atom. The molecule has 0 bridgehead atoms. The minimum absolute atomic E-state index is 0.0582. The summed E-state index contributed by atoms with van der Waals surface area (Å²) >= 11 is 0. The van der Waals surface area contributed by atoms with Crippen molar-refractivity contribution in [1.29, 1.82) is 0 Å². The summed E-state index contributed by atoms with van der Waals surface area (Å²) in [7, 11) is -3.80. The number of benzene rings is 1. The van der Waals surface area contributed by atoms with Crippen LogP contribution in [0.1, 0.15) is 30.0 Å². The van der Waals surface area contributed by atoms with Crippen molar-refractivity contribution in [3.05, 3.63) is 60.2 Å². The van der Waals surface area contributed by atoms with Gasteiger partial charge in [-0.2, -0.15) is 10.1 Å². The SMILES string of the molecule is O=S(=O)(Cn1cccn1)c1nc2n(n1)[C@H](c1ccccc1)C[C@@H]2F. The highest BCUT2D eigenvalue weighted by Crippen LogP contribution is 2.39. The molecular formula is C15H14FN5O2S. The molecule has 0 amide bonds. The van der Waals surface area contributed by atoms with E-state index in [1.165, 1.54) is 21.8 Å². The Kier molecular flexibility index (Phi) is 3.45. The van der Waals surface area contributed by atoms with E-state index in [0.29, 0.717) is 0 Å². The van der Waals surface area contributed by atoms with Gasteiger partial charge in [0, 0.05) is 18.8 Å². The number of hydrogen-bond donors (Lipinski definition) is 0. The maximum Gasteiger partial charge on any atom is 0.269 e. The van der Waals surface area contributed by atoms with Crippen LogP contribution in [-0.2, 0) is 15.7 Å². The molecule has 1 aliphatic rings. The summed E-state index contributed by atoms with van der Waals surface area (Å²) in [5.74, 6) is -0.320. The van der Waals surface area contributed by atoms with Gasteiger partial charge in [-0.05, 0) is 11.6 Å². The maximum absolute atomic E-state index is 14.3. The van der Waals surface area contributed by atoms with Gasteiger partial charge in [0.15, 0.2) is 17.9 Å². The van der Waals surface area contributed by atoms with Crippen molar-refractivity contribution in [1.82, 2.24) is 24.5 Å². The van der Waals surface area contributed by atoms with Crippen molar-refractivity contribution in [2.24, 2.45) is 0 Å². The molecule has 1 aliphatic heterocycles. The number of hydrogen-bond acceptors (Lipinski definition) is 5. The Hall–Kier alpha value is -2.55. The third-order valence-electron chi connectivity index (χ3n) is 3.97. The summed E-state index contributed by atoms with van der Waals surface area (Å²) in [6.45, 7) is 0. The molecule has 3 heterocycles. The van der Waals surface area contributed by atoms with Crippen LogP contribution in [0.5, 0.6) is 0 Å². The highest BCUT2D eigenvalue weighted by Gasteiger charge is 2.37. The number of rotatable bonds is 4. The summed E-state index contributed by atoms with van der Waals surface area (Å²) in [6.07, 6.45) is 1.89. The maximum atomic E-state index is 14.3. The highest BCUT2D eigenvalue weighted by molar-refractivity contribution is 7.90. The molecule has 0 unspecified atom stereocenters.